The number of methoxy groups -OCH3 is 2. The maximum absolute atomic E-state index is 12.3. The number of hydrogen-bond donors (Lipinski definition) is 2. The van der Waals surface area contributed by atoms with Gasteiger partial charge in [0.25, 0.3) is 11.8 Å². The Bertz CT molecular complexity index is 1060. The van der Waals surface area contributed by atoms with Gasteiger partial charge in [-0.15, -0.1) is 0 Å². The summed E-state index contributed by atoms with van der Waals surface area (Å²) in [6.45, 7) is 0.909. The fraction of sp³-hybridized carbons (Fsp3) is 0.286. The minimum Gasteiger partial charge on any atom is -0.497 e. The quantitative estimate of drug-likeness (QED) is 0.250. The van der Waals surface area contributed by atoms with Gasteiger partial charge in [-0.25, -0.2) is 0 Å². The predicted molar refractivity (Wildman–Crippen MR) is 138 cm³/mol. The number of nitriles is 2. The minimum absolute atomic E-state index is 0.0406. The highest BCUT2D eigenvalue weighted by Crippen LogP contribution is 2.15. The van der Waals surface area contributed by atoms with Crippen LogP contribution in [0.4, 0.5) is 0 Å². The summed E-state index contributed by atoms with van der Waals surface area (Å²) in [5.41, 5.74) is 1.56. The van der Waals surface area contributed by atoms with E-state index in [4.69, 9.17) is 9.47 Å². The molecule has 2 aromatic carbocycles. The standard InChI is InChI=1S/C28H30N4O4/c1-35-25-11-7-21(8-12-25)17-23(19-29)27(33)31-15-5-3-4-6-16-32-28(34)24(20-30)18-22-9-13-26(36-2)14-10-22/h7-14,17-18H,3-6,15-16H2,1-2H3,(H,31,33)(H,32,34)/b23-17+,24-18+. The summed E-state index contributed by atoms with van der Waals surface area (Å²) >= 11 is 0. The third kappa shape index (κ3) is 9.36. The highest BCUT2D eigenvalue weighted by molar-refractivity contribution is 6.02. The smallest absolute Gasteiger partial charge is 0.261 e. The van der Waals surface area contributed by atoms with Gasteiger partial charge in [0.15, 0.2) is 0 Å². The van der Waals surface area contributed by atoms with Gasteiger partial charge < -0.3 is 20.1 Å². The summed E-state index contributed by atoms with van der Waals surface area (Å²) in [6, 6.07) is 18.0. The van der Waals surface area contributed by atoms with Crippen LogP contribution in [0.2, 0.25) is 0 Å². The van der Waals surface area contributed by atoms with Crippen molar-refractivity contribution in [3.63, 3.8) is 0 Å². The fourth-order valence-electron chi connectivity index (χ4n) is 3.23. The van der Waals surface area contributed by atoms with E-state index < -0.39 is 11.8 Å². The van der Waals surface area contributed by atoms with Crippen molar-refractivity contribution < 1.29 is 19.1 Å². The summed E-state index contributed by atoms with van der Waals surface area (Å²) in [6.07, 6.45) is 6.29. The molecule has 2 rings (SSSR count). The van der Waals surface area contributed by atoms with Gasteiger partial charge in [0.2, 0.25) is 0 Å². The number of amides is 2. The number of carbonyl (C=O) groups excluding carboxylic acids is 2. The summed E-state index contributed by atoms with van der Waals surface area (Å²) in [4.78, 5) is 24.5. The Balaban J connectivity index is 1.66. The van der Waals surface area contributed by atoms with Crippen LogP contribution in [0, 0.1) is 22.7 Å². The van der Waals surface area contributed by atoms with Crippen molar-refractivity contribution in [2.24, 2.45) is 0 Å². The summed E-state index contributed by atoms with van der Waals surface area (Å²) < 4.78 is 10.2. The van der Waals surface area contributed by atoms with E-state index in [0.29, 0.717) is 24.6 Å². The van der Waals surface area contributed by atoms with Crippen LogP contribution in [-0.2, 0) is 9.59 Å². The van der Waals surface area contributed by atoms with Crippen molar-refractivity contribution >= 4 is 24.0 Å². The fourth-order valence-corrected chi connectivity index (χ4v) is 3.23. The van der Waals surface area contributed by atoms with E-state index in [1.165, 1.54) is 12.2 Å². The lowest BCUT2D eigenvalue weighted by molar-refractivity contribution is -0.117. The molecule has 0 atom stereocenters. The van der Waals surface area contributed by atoms with Crippen LogP contribution >= 0.6 is 0 Å². The zero-order valence-electron chi connectivity index (χ0n) is 20.5. The lowest BCUT2D eigenvalue weighted by Crippen LogP contribution is -2.26. The number of nitrogens with one attached hydrogen (secondary N) is 2. The van der Waals surface area contributed by atoms with Crippen molar-refractivity contribution in [3.05, 3.63) is 70.8 Å². The second kappa shape index (κ2) is 15.4. The molecule has 0 spiro atoms. The Morgan fingerprint density at radius 3 is 1.36 bits per heavy atom. The van der Waals surface area contributed by atoms with Crippen molar-refractivity contribution in [2.75, 3.05) is 27.3 Å². The third-order valence-corrected chi connectivity index (χ3v) is 5.26. The molecule has 0 fully saturated rings. The largest absolute Gasteiger partial charge is 0.497 e. The van der Waals surface area contributed by atoms with E-state index >= 15 is 0 Å². The van der Waals surface area contributed by atoms with Crippen LogP contribution in [-0.4, -0.2) is 39.1 Å². The first kappa shape index (κ1) is 27.7. The van der Waals surface area contributed by atoms with Crippen molar-refractivity contribution in [1.29, 1.82) is 10.5 Å². The Morgan fingerprint density at radius 2 is 1.06 bits per heavy atom. The molecule has 36 heavy (non-hydrogen) atoms. The van der Waals surface area contributed by atoms with E-state index in [0.717, 1.165) is 36.8 Å². The monoisotopic (exact) mass is 486 g/mol. The van der Waals surface area contributed by atoms with Gasteiger partial charge in [0.1, 0.15) is 34.8 Å². The van der Waals surface area contributed by atoms with Gasteiger partial charge in [0, 0.05) is 13.1 Å². The summed E-state index contributed by atoms with van der Waals surface area (Å²) in [7, 11) is 3.14. The number of hydrogen-bond acceptors (Lipinski definition) is 6. The van der Waals surface area contributed by atoms with Crippen molar-refractivity contribution in [3.8, 4) is 23.6 Å². The van der Waals surface area contributed by atoms with Crippen LogP contribution in [0.5, 0.6) is 11.5 Å². The van der Waals surface area contributed by atoms with Crippen molar-refractivity contribution in [2.45, 2.75) is 25.7 Å². The highest BCUT2D eigenvalue weighted by Gasteiger charge is 2.09. The second-order valence-corrected chi connectivity index (χ2v) is 7.81. The molecule has 0 aliphatic heterocycles. The van der Waals surface area contributed by atoms with Gasteiger partial charge >= 0.3 is 0 Å². The molecule has 0 aliphatic carbocycles. The second-order valence-electron chi connectivity index (χ2n) is 7.81. The van der Waals surface area contributed by atoms with Crippen molar-refractivity contribution in [1.82, 2.24) is 10.6 Å². The minimum atomic E-state index is -0.409. The maximum Gasteiger partial charge on any atom is 0.261 e. The van der Waals surface area contributed by atoms with Crippen LogP contribution in [0.3, 0.4) is 0 Å². The first-order valence-corrected chi connectivity index (χ1v) is 11.6. The molecular weight excluding hydrogens is 456 g/mol. The molecule has 0 aromatic heterocycles. The number of carbonyl (C=O) groups is 2. The Kier molecular flexibility index (Phi) is 11.8. The van der Waals surface area contributed by atoms with Crippen LogP contribution in [0.1, 0.15) is 36.8 Å². The first-order chi connectivity index (χ1) is 17.5. The number of benzene rings is 2. The number of unbranched alkanes of at least 4 members (excludes halogenated alkanes) is 3. The molecular formula is C28H30N4O4. The van der Waals surface area contributed by atoms with E-state index in [9.17, 15) is 20.1 Å². The highest BCUT2D eigenvalue weighted by atomic mass is 16.5. The third-order valence-electron chi connectivity index (χ3n) is 5.26. The molecule has 8 heteroatoms. The lowest BCUT2D eigenvalue weighted by Gasteiger charge is -2.06. The van der Waals surface area contributed by atoms with Gasteiger partial charge in [-0.3, -0.25) is 9.59 Å². The average molecular weight is 487 g/mol. The molecule has 0 radical (unpaired) electrons. The molecule has 0 saturated carbocycles. The molecule has 0 heterocycles. The average Bonchev–Trinajstić information content (AvgIpc) is 2.92. The Labute approximate surface area is 211 Å². The predicted octanol–water partition coefficient (Wildman–Crippen LogP) is 4.01. The SMILES string of the molecule is COc1ccc(/C=C(\C#N)C(=O)NCCCCCCNC(=O)/C(C#N)=C/c2ccc(OC)cc2)cc1. The number of rotatable bonds is 13. The van der Waals surface area contributed by atoms with Crippen LogP contribution in [0.15, 0.2) is 59.7 Å². The molecule has 8 nitrogen and oxygen atoms in total. The molecule has 0 aliphatic rings. The Hall–Kier alpha value is -4.56. The number of ether oxygens (including phenoxy) is 2. The van der Waals surface area contributed by atoms with Gasteiger partial charge in [0.05, 0.1) is 14.2 Å². The normalized spacial score (nSPS) is 11.1. The molecule has 0 saturated heterocycles. The zero-order chi connectivity index (χ0) is 26.2. The van der Waals surface area contributed by atoms with E-state index in [-0.39, 0.29) is 11.1 Å². The van der Waals surface area contributed by atoms with E-state index in [1.807, 2.05) is 12.1 Å². The number of nitrogens with zero attached hydrogens (tertiary/aromatic N) is 2. The molecule has 2 N–H and O–H groups in total. The summed E-state index contributed by atoms with van der Waals surface area (Å²) in [5.74, 6) is 0.580. The van der Waals surface area contributed by atoms with E-state index in [2.05, 4.69) is 10.6 Å². The molecule has 2 aromatic rings. The lowest BCUT2D eigenvalue weighted by atomic mass is 10.1. The maximum atomic E-state index is 12.3. The Morgan fingerprint density at radius 1 is 0.694 bits per heavy atom. The van der Waals surface area contributed by atoms with Gasteiger partial charge in [-0.05, 0) is 60.4 Å². The van der Waals surface area contributed by atoms with Gasteiger partial charge in [-0.2, -0.15) is 10.5 Å². The molecule has 0 bridgehead atoms. The zero-order valence-corrected chi connectivity index (χ0v) is 20.5. The topological polar surface area (TPSA) is 124 Å². The first-order valence-electron chi connectivity index (χ1n) is 11.6. The summed E-state index contributed by atoms with van der Waals surface area (Å²) in [5, 5.41) is 24.1. The van der Waals surface area contributed by atoms with E-state index in [1.54, 1.807) is 62.8 Å². The van der Waals surface area contributed by atoms with Gasteiger partial charge in [-0.1, -0.05) is 37.1 Å². The molecule has 0 unspecified atom stereocenters. The van der Waals surface area contributed by atoms with Crippen LogP contribution in [0.25, 0.3) is 12.2 Å². The van der Waals surface area contributed by atoms with Crippen LogP contribution < -0.4 is 20.1 Å². The molecule has 186 valence electrons. The molecule has 2 amide bonds.